The summed E-state index contributed by atoms with van der Waals surface area (Å²) in [6.45, 7) is 0.0642. The fourth-order valence-electron chi connectivity index (χ4n) is 1.14. The van der Waals surface area contributed by atoms with E-state index in [9.17, 15) is 5.11 Å². The van der Waals surface area contributed by atoms with Gasteiger partial charge in [-0.3, -0.25) is 0 Å². The summed E-state index contributed by atoms with van der Waals surface area (Å²) in [4.78, 5) is 2.54. The molecular weight excluding hydrogens is 162 g/mol. The molecular formula is C6H11N3O3. The largest absolute Gasteiger partial charge is 0.390 e. The van der Waals surface area contributed by atoms with Crippen LogP contribution in [0.15, 0.2) is 5.11 Å². The second-order valence-electron chi connectivity index (χ2n) is 2.69. The minimum absolute atomic E-state index is 0.0642. The first kappa shape index (κ1) is 9.28. The van der Waals surface area contributed by atoms with E-state index in [1.54, 1.807) is 0 Å². The molecule has 0 aromatic carbocycles. The van der Waals surface area contributed by atoms with Crippen LogP contribution in [0.2, 0.25) is 0 Å². The third kappa shape index (κ3) is 2.35. The minimum atomic E-state index is -0.840. The molecule has 0 aliphatic carbocycles. The summed E-state index contributed by atoms with van der Waals surface area (Å²) in [5, 5.41) is 21.6. The fourth-order valence-corrected chi connectivity index (χ4v) is 1.14. The molecule has 0 aromatic rings. The highest BCUT2D eigenvalue weighted by Gasteiger charge is 2.27. The molecule has 1 aliphatic heterocycles. The van der Waals surface area contributed by atoms with Crippen molar-refractivity contribution in [3.8, 4) is 0 Å². The summed E-state index contributed by atoms with van der Waals surface area (Å²) >= 11 is 0. The molecule has 0 bridgehead atoms. The summed E-state index contributed by atoms with van der Waals surface area (Å²) in [7, 11) is 0. The lowest BCUT2D eigenvalue weighted by molar-refractivity contribution is -0.194. The Balaban J connectivity index is 2.43. The standard InChI is InChI=1S/C6H11N3O3/c7-9-8-3-5-4(10)1-2-6(11)12-5/h4-6,10-11H,1-3H2/t4-,5+,6+/m0/s1. The Morgan fingerprint density at radius 2 is 2.25 bits per heavy atom. The van der Waals surface area contributed by atoms with Crippen LogP contribution < -0.4 is 0 Å². The average Bonchev–Trinajstić information content (AvgIpc) is 2.07. The van der Waals surface area contributed by atoms with E-state index in [1.165, 1.54) is 0 Å². The monoisotopic (exact) mass is 173 g/mol. The van der Waals surface area contributed by atoms with Crippen LogP contribution in [0.4, 0.5) is 0 Å². The molecule has 6 nitrogen and oxygen atoms in total. The smallest absolute Gasteiger partial charge is 0.155 e. The molecule has 0 unspecified atom stereocenters. The first-order valence-electron chi connectivity index (χ1n) is 3.76. The Morgan fingerprint density at radius 1 is 1.50 bits per heavy atom. The second kappa shape index (κ2) is 4.27. The zero-order valence-corrected chi connectivity index (χ0v) is 6.50. The van der Waals surface area contributed by atoms with Crippen molar-refractivity contribution in [1.29, 1.82) is 0 Å². The highest BCUT2D eigenvalue weighted by molar-refractivity contribution is 4.76. The van der Waals surface area contributed by atoms with Crippen molar-refractivity contribution < 1.29 is 14.9 Å². The van der Waals surface area contributed by atoms with Gasteiger partial charge in [-0.1, -0.05) is 5.11 Å². The molecule has 0 spiro atoms. The van der Waals surface area contributed by atoms with Crippen LogP contribution >= 0.6 is 0 Å². The Kier molecular flexibility index (Phi) is 3.31. The van der Waals surface area contributed by atoms with Gasteiger partial charge in [0, 0.05) is 11.3 Å². The second-order valence-corrected chi connectivity index (χ2v) is 2.69. The van der Waals surface area contributed by atoms with Crippen molar-refractivity contribution in [2.45, 2.75) is 31.3 Å². The fraction of sp³-hybridized carbons (Fsp3) is 1.00. The van der Waals surface area contributed by atoms with Gasteiger partial charge in [0.25, 0.3) is 0 Å². The predicted molar refractivity (Wildman–Crippen MR) is 40.1 cm³/mol. The lowest BCUT2D eigenvalue weighted by Gasteiger charge is -2.30. The van der Waals surface area contributed by atoms with Gasteiger partial charge in [-0.2, -0.15) is 0 Å². The number of nitrogens with zero attached hydrogens (tertiary/aromatic N) is 3. The highest BCUT2D eigenvalue weighted by atomic mass is 16.6. The molecule has 0 radical (unpaired) electrons. The lowest BCUT2D eigenvalue weighted by Crippen LogP contribution is -2.40. The summed E-state index contributed by atoms with van der Waals surface area (Å²) < 4.78 is 4.94. The zero-order valence-electron chi connectivity index (χ0n) is 6.50. The quantitative estimate of drug-likeness (QED) is 0.353. The normalized spacial score (nSPS) is 35.7. The van der Waals surface area contributed by atoms with E-state index in [1.807, 2.05) is 0 Å². The van der Waals surface area contributed by atoms with Gasteiger partial charge in [0.2, 0.25) is 0 Å². The number of aliphatic hydroxyl groups excluding tert-OH is 2. The minimum Gasteiger partial charge on any atom is -0.390 e. The van der Waals surface area contributed by atoms with Crippen LogP contribution in [0.5, 0.6) is 0 Å². The maximum absolute atomic E-state index is 9.29. The van der Waals surface area contributed by atoms with E-state index < -0.39 is 18.5 Å². The van der Waals surface area contributed by atoms with Crippen LogP contribution in [0.25, 0.3) is 10.4 Å². The van der Waals surface area contributed by atoms with Crippen molar-refractivity contribution in [1.82, 2.24) is 0 Å². The Bertz CT molecular complexity index is 192. The topological polar surface area (TPSA) is 98.5 Å². The maximum atomic E-state index is 9.29. The molecule has 1 fully saturated rings. The number of hydrogen-bond acceptors (Lipinski definition) is 4. The number of ether oxygens (including phenoxy) is 1. The van der Waals surface area contributed by atoms with E-state index in [4.69, 9.17) is 15.4 Å². The molecule has 1 rings (SSSR count). The van der Waals surface area contributed by atoms with E-state index in [0.29, 0.717) is 12.8 Å². The van der Waals surface area contributed by atoms with Crippen molar-refractivity contribution in [3.63, 3.8) is 0 Å². The Hall–Kier alpha value is -0.810. The molecule has 0 amide bonds. The van der Waals surface area contributed by atoms with Crippen molar-refractivity contribution in [3.05, 3.63) is 10.4 Å². The predicted octanol–water partition coefficient (Wildman–Crippen LogP) is 0.155. The van der Waals surface area contributed by atoms with Crippen LogP contribution in [0.1, 0.15) is 12.8 Å². The summed E-state index contributed by atoms with van der Waals surface area (Å²) in [5.74, 6) is 0. The van der Waals surface area contributed by atoms with Gasteiger partial charge in [0.1, 0.15) is 0 Å². The first-order chi connectivity index (χ1) is 5.74. The average molecular weight is 173 g/mol. The summed E-state index contributed by atoms with van der Waals surface area (Å²) in [6.07, 6.45) is -1.14. The third-order valence-electron chi connectivity index (χ3n) is 1.80. The first-order valence-corrected chi connectivity index (χ1v) is 3.76. The van der Waals surface area contributed by atoms with E-state index in [2.05, 4.69) is 10.0 Å². The zero-order chi connectivity index (χ0) is 8.97. The van der Waals surface area contributed by atoms with Gasteiger partial charge >= 0.3 is 0 Å². The SMILES string of the molecule is [N-]=[N+]=NC[C@H]1O[C@@H](O)CC[C@@H]1O. The van der Waals surface area contributed by atoms with Crippen LogP contribution in [0, 0.1) is 0 Å². The lowest BCUT2D eigenvalue weighted by atomic mass is 10.1. The summed E-state index contributed by atoms with van der Waals surface area (Å²) in [5.41, 5.74) is 8.01. The van der Waals surface area contributed by atoms with E-state index in [0.717, 1.165) is 0 Å². The number of rotatable bonds is 2. The van der Waals surface area contributed by atoms with Gasteiger partial charge in [0.15, 0.2) is 6.29 Å². The molecule has 68 valence electrons. The molecule has 2 N–H and O–H groups in total. The van der Waals surface area contributed by atoms with Gasteiger partial charge in [-0.05, 0) is 12.0 Å². The molecule has 6 heteroatoms. The van der Waals surface area contributed by atoms with Crippen molar-refractivity contribution in [2.75, 3.05) is 6.54 Å². The van der Waals surface area contributed by atoms with Gasteiger partial charge < -0.3 is 14.9 Å². The van der Waals surface area contributed by atoms with E-state index >= 15 is 0 Å². The Labute approximate surface area is 69.4 Å². The molecule has 1 heterocycles. The molecule has 0 saturated carbocycles. The molecule has 3 atom stereocenters. The van der Waals surface area contributed by atoms with Gasteiger partial charge in [-0.25, -0.2) is 0 Å². The van der Waals surface area contributed by atoms with Crippen molar-refractivity contribution in [2.24, 2.45) is 5.11 Å². The number of hydrogen-bond donors (Lipinski definition) is 2. The van der Waals surface area contributed by atoms with Crippen LogP contribution in [-0.2, 0) is 4.74 Å². The molecule has 1 aliphatic rings. The number of azide groups is 1. The molecule has 1 saturated heterocycles. The van der Waals surface area contributed by atoms with Gasteiger partial charge in [0.05, 0.1) is 18.8 Å². The number of aliphatic hydroxyl groups is 2. The maximum Gasteiger partial charge on any atom is 0.155 e. The van der Waals surface area contributed by atoms with E-state index in [-0.39, 0.29) is 6.54 Å². The molecule has 0 aromatic heterocycles. The highest BCUT2D eigenvalue weighted by Crippen LogP contribution is 2.18. The Morgan fingerprint density at radius 3 is 2.92 bits per heavy atom. The van der Waals surface area contributed by atoms with Crippen LogP contribution in [-0.4, -0.2) is 35.3 Å². The van der Waals surface area contributed by atoms with Gasteiger partial charge in [-0.15, -0.1) is 0 Å². The third-order valence-corrected chi connectivity index (χ3v) is 1.80. The van der Waals surface area contributed by atoms with Crippen LogP contribution in [0.3, 0.4) is 0 Å². The summed E-state index contributed by atoms with van der Waals surface area (Å²) in [6, 6.07) is 0. The van der Waals surface area contributed by atoms with Crippen molar-refractivity contribution >= 4 is 0 Å². The molecule has 12 heavy (non-hydrogen) atoms.